The van der Waals surface area contributed by atoms with E-state index in [1.165, 1.54) is 11.3 Å². The number of nitrogens with zero attached hydrogens (tertiary/aromatic N) is 2. The van der Waals surface area contributed by atoms with Gasteiger partial charge in [-0.1, -0.05) is 18.2 Å². The number of hydrogen-bond acceptors (Lipinski definition) is 2. The van der Waals surface area contributed by atoms with Crippen LogP contribution in [0.2, 0.25) is 0 Å². The minimum Gasteiger partial charge on any atom is -0.313 e. The van der Waals surface area contributed by atoms with Crippen LogP contribution >= 0.6 is 0 Å². The van der Waals surface area contributed by atoms with Gasteiger partial charge in [-0.15, -0.1) is 0 Å². The molecule has 1 heterocycles. The topological polar surface area (TPSA) is 29.9 Å². The van der Waals surface area contributed by atoms with E-state index in [9.17, 15) is 0 Å². The van der Waals surface area contributed by atoms with Crippen LogP contribution in [0, 0.1) is 13.8 Å². The van der Waals surface area contributed by atoms with E-state index in [1.807, 2.05) is 18.7 Å². The molecule has 0 spiro atoms. The van der Waals surface area contributed by atoms with Crippen LogP contribution < -0.4 is 5.32 Å². The van der Waals surface area contributed by atoms with E-state index in [-0.39, 0.29) is 0 Å². The fourth-order valence-corrected chi connectivity index (χ4v) is 2.07. The van der Waals surface area contributed by atoms with Gasteiger partial charge in [-0.3, -0.25) is 0 Å². The Bertz CT molecular complexity index is 514. The standard InChI is InChI=1S/C14H19N3/c1-10-9-11(2)17(16-10)14-8-6-5-7-13(14)12(3)15-4/h5-9,12,15H,1-4H3. The second-order valence-corrected chi connectivity index (χ2v) is 4.41. The lowest BCUT2D eigenvalue weighted by Crippen LogP contribution is -2.15. The summed E-state index contributed by atoms with van der Waals surface area (Å²) in [4.78, 5) is 0. The van der Waals surface area contributed by atoms with Gasteiger partial charge in [0.2, 0.25) is 0 Å². The first-order valence-corrected chi connectivity index (χ1v) is 5.93. The molecule has 3 heteroatoms. The minimum atomic E-state index is 0.315. The zero-order valence-electron chi connectivity index (χ0n) is 10.9. The molecule has 3 nitrogen and oxygen atoms in total. The third kappa shape index (κ3) is 2.24. The van der Waals surface area contributed by atoms with E-state index in [0.717, 1.165) is 11.4 Å². The third-order valence-electron chi connectivity index (χ3n) is 3.07. The lowest BCUT2D eigenvalue weighted by molar-refractivity contribution is 0.642. The van der Waals surface area contributed by atoms with Gasteiger partial charge in [0.15, 0.2) is 0 Å². The Morgan fingerprint density at radius 1 is 1.24 bits per heavy atom. The number of aryl methyl sites for hydroxylation is 2. The molecule has 2 aromatic rings. The quantitative estimate of drug-likeness (QED) is 0.877. The molecular formula is C14H19N3. The predicted molar refractivity (Wildman–Crippen MR) is 70.5 cm³/mol. The summed E-state index contributed by atoms with van der Waals surface area (Å²) < 4.78 is 2.01. The largest absolute Gasteiger partial charge is 0.313 e. The first-order chi connectivity index (χ1) is 8.13. The molecule has 2 rings (SSSR count). The van der Waals surface area contributed by atoms with Crippen molar-refractivity contribution < 1.29 is 0 Å². The summed E-state index contributed by atoms with van der Waals surface area (Å²) in [5, 5.41) is 7.82. The van der Waals surface area contributed by atoms with Crippen LogP contribution in [0.4, 0.5) is 0 Å². The Morgan fingerprint density at radius 2 is 1.94 bits per heavy atom. The van der Waals surface area contributed by atoms with Gasteiger partial charge in [0.1, 0.15) is 0 Å². The first-order valence-electron chi connectivity index (χ1n) is 5.93. The van der Waals surface area contributed by atoms with Crippen LogP contribution in [0.1, 0.15) is 29.9 Å². The van der Waals surface area contributed by atoms with Crippen molar-refractivity contribution in [2.75, 3.05) is 7.05 Å². The van der Waals surface area contributed by atoms with Gasteiger partial charge in [0, 0.05) is 11.7 Å². The molecular weight excluding hydrogens is 210 g/mol. The molecule has 0 radical (unpaired) electrons. The number of benzene rings is 1. The molecule has 1 atom stereocenters. The molecule has 0 saturated carbocycles. The Labute approximate surface area is 102 Å². The molecule has 0 aliphatic rings. The van der Waals surface area contributed by atoms with Crippen molar-refractivity contribution in [2.45, 2.75) is 26.8 Å². The molecule has 0 aliphatic carbocycles. The molecule has 1 aromatic carbocycles. The van der Waals surface area contributed by atoms with E-state index in [4.69, 9.17) is 0 Å². The highest BCUT2D eigenvalue weighted by Gasteiger charge is 2.12. The summed E-state index contributed by atoms with van der Waals surface area (Å²) in [6.45, 7) is 6.26. The van der Waals surface area contributed by atoms with E-state index < -0.39 is 0 Å². The molecule has 0 aliphatic heterocycles. The monoisotopic (exact) mass is 229 g/mol. The van der Waals surface area contributed by atoms with Gasteiger partial charge in [-0.2, -0.15) is 5.10 Å². The maximum atomic E-state index is 4.55. The summed E-state index contributed by atoms with van der Waals surface area (Å²) >= 11 is 0. The average molecular weight is 229 g/mol. The summed E-state index contributed by atoms with van der Waals surface area (Å²) in [6, 6.07) is 10.8. The molecule has 1 N–H and O–H groups in total. The highest BCUT2D eigenvalue weighted by molar-refractivity contribution is 5.43. The van der Waals surface area contributed by atoms with Crippen LogP contribution in [0.15, 0.2) is 30.3 Å². The Morgan fingerprint density at radius 3 is 2.53 bits per heavy atom. The second kappa shape index (κ2) is 4.72. The van der Waals surface area contributed by atoms with E-state index >= 15 is 0 Å². The van der Waals surface area contributed by atoms with Gasteiger partial charge in [0.25, 0.3) is 0 Å². The van der Waals surface area contributed by atoms with Gasteiger partial charge in [-0.05, 0) is 45.5 Å². The number of aromatic nitrogens is 2. The zero-order valence-corrected chi connectivity index (χ0v) is 10.9. The molecule has 0 fully saturated rings. The number of rotatable bonds is 3. The summed E-state index contributed by atoms with van der Waals surface area (Å²) in [6.07, 6.45) is 0. The van der Waals surface area contributed by atoms with Gasteiger partial charge in [-0.25, -0.2) is 4.68 Å². The van der Waals surface area contributed by atoms with Crippen molar-refractivity contribution in [3.63, 3.8) is 0 Å². The fourth-order valence-electron chi connectivity index (χ4n) is 2.07. The SMILES string of the molecule is CNC(C)c1ccccc1-n1nc(C)cc1C. The normalized spacial score (nSPS) is 12.7. The Hall–Kier alpha value is -1.61. The first kappa shape index (κ1) is 11.9. The smallest absolute Gasteiger partial charge is 0.0696 e. The van der Waals surface area contributed by atoms with Crippen molar-refractivity contribution >= 4 is 0 Å². The maximum absolute atomic E-state index is 4.55. The lowest BCUT2D eigenvalue weighted by atomic mass is 10.1. The average Bonchev–Trinajstić information content (AvgIpc) is 2.67. The van der Waals surface area contributed by atoms with Crippen molar-refractivity contribution in [3.05, 3.63) is 47.3 Å². The fraction of sp³-hybridized carbons (Fsp3) is 0.357. The molecule has 17 heavy (non-hydrogen) atoms. The van der Waals surface area contributed by atoms with E-state index in [0.29, 0.717) is 6.04 Å². The van der Waals surface area contributed by atoms with Gasteiger partial charge >= 0.3 is 0 Å². The Balaban J connectivity index is 2.55. The summed E-state index contributed by atoms with van der Waals surface area (Å²) in [5.41, 5.74) is 4.63. The van der Waals surface area contributed by atoms with Crippen molar-refractivity contribution in [3.8, 4) is 5.69 Å². The van der Waals surface area contributed by atoms with E-state index in [1.54, 1.807) is 0 Å². The van der Waals surface area contributed by atoms with Crippen LogP contribution in [0.25, 0.3) is 5.69 Å². The highest BCUT2D eigenvalue weighted by Crippen LogP contribution is 2.22. The number of para-hydroxylation sites is 1. The molecule has 0 bridgehead atoms. The predicted octanol–water partition coefficient (Wildman–Crippen LogP) is 2.77. The molecule has 1 unspecified atom stereocenters. The highest BCUT2D eigenvalue weighted by atomic mass is 15.3. The van der Waals surface area contributed by atoms with Crippen LogP contribution in [-0.4, -0.2) is 16.8 Å². The minimum absolute atomic E-state index is 0.315. The molecule has 0 amide bonds. The number of nitrogens with one attached hydrogen (secondary N) is 1. The van der Waals surface area contributed by atoms with Gasteiger partial charge < -0.3 is 5.32 Å². The lowest BCUT2D eigenvalue weighted by Gasteiger charge is -2.16. The van der Waals surface area contributed by atoms with Crippen LogP contribution in [0.5, 0.6) is 0 Å². The maximum Gasteiger partial charge on any atom is 0.0696 e. The third-order valence-corrected chi connectivity index (χ3v) is 3.07. The molecule has 90 valence electrons. The van der Waals surface area contributed by atoms with Crippen LogP contribution in [0.3, 0.4) is 0 Å². The van der Waals surface area contributed by atoms with E-state index in [2.05, 4.69) is 54.6 Å². The second-order valence-electron chi connectivity index (χ2n) is 4.41. The number of hydrogen-bond donors (Lipinski definition) is 1. The Kier molecular flexibility index (Phi) is 3.29. The van der Waals surface area contributed by atoms with Gasteiger partial charge in [0.05, 0.1) is 11.4 Å². The molecule has 1 aromatic heterocycles. The van der Waals surface area contributed by atoms with Crippen LogP contribution in [-0.2, 0) is 0 Å². The summed E-state index contributed by atoms with van der Waals surface area (Å²) in [5.74, 6) is 0. The molecule has 0 saturated heterocycles. The van der Waals surface area contributed by atoms with Crippen molar-refractivity contribution in [2.24, 2.45) is 0 Å². The zero-order chi connectivity index (χ0) is 12.4. The summed E-state index contributed by atoms with van der Waals surface area (Å²) in [7, 11) is 1.97. The van der Waals surface area contributed by atoms with Crippen molar-refractivity contribution in [1.82, 2.24) is 15.1 Å². The van der Waals surface area contributed by atoms with Crippen molar-refractivity contribution in [1.29, 1.82) is 0 Å².